The van der Waals surface area contributed by atoms with Gasteiger partial charge >= 0.3 is 5.97 Å². The van der Waals surface area contributed by atoms with Crippen molar-refractivity contribution in [3.05, 3.63) is 84.4 Å². The number of hydrogen-bond acceptors (Lipinski definition) is 6. The van der Waals surface area contributed by atoms with Crippen LogP contribution in [-0.4, -0.2) is 32.7 Å². The van der Waals surface area contributed by atoms with Crippen LogP contribution in [0.4, 0.5) is 5.69 Å². The Morgan fingerprint density at radius 2 is 1.42 bits per heavy atom. The van der Waals surface area contributed by atoms with Gasteiger partial charge in [-0.3, -0.25) is 4.79 Å². The number of amides is 1. The van der Waals surface area contributed by atoms with Crippen molar-refractivity contribution >= 4 is 27.4 Å². The summed E-state index contributed by atoms with van der Waals surface area (Å²) in [4.78, 5) is 24.7. The summed E-state index contributed by atoms with van der Waals surface area (Å²) in [6.07, 6.45) is 0.0231. The average molecular weight is 439 g/mol. The SMILES string of the molecule is C[C@H](OC(=O)c1ccc(S(C)(=O)=O)cc1)C(=O)Nc1ccc(Oc2ccccc2)cc1. The first-order chi connectivity index (χ1) is 14.7. The predicted molar refractivity (Wildman–Crippen MR) is 116 cm³/mol. The van der Waals surface area contributed by atoms with Gasteiger partial charge < -0.3 is 14.8 Å². The number of carbonyl (C=O) groups excluding carboxylic acids is 2. The van der Waals surface area contributed by atoms with Crippen molar-refractivity contribution in [3.8, 4) is 11.5 Å². The third-order valence-corrected chi connectivity index (χ3v) is 5.40. The zero-order chi connectivity index (χ0) is 22.4. The molecule has 0 radical (unpaired) electrons. The fourth-order valence-electron chi connectivity index (χ4n) is 2.60. The van der Waals surface area contributed by atoms with Crippen molar-refractivity contribution in [1.29, 1.82) is 0 Å². The number of anilines is 1. The molecule has 3 rings (SSSR count). The normalized spacial score (nSPS) is 11.9. The zero-order valence-corrected chi connectivity index (χ0v) is 17.8. The molecule has 7 nitrogen and oxygen atoms in total. The highest BCUT2D eigenvalue weighted by Crippen LogP contribution is 2.22. The number of sulfone groups is 1. The molecule has 0 aliphatic heterocycles. The summed E-state index contributed by atoms with van der Waals surface area (Å²) in [6.45, 7) is 1.45. The Morgan fingerprint density at radius 3 is 2.00 bits per heavy atom. The number of benzene rings is 3. The first-order valence-electron chi connectivity index (χ1n) is 9.37. The third kappa shape index (κ3) is 6.16. The number of ether oxygens (including phenoxy) is 2. The van der Waals surface area contributed by atoms with E-state index in [-0.39, 0.29) is 10.5 Å². The van der Waals surface area contributed by atoms with E-state index < -0.39 is 27.8 Å². The third-order valence-electron chi connectivity index (χ3n) is 4.27. The molecule has 31 heavy (non-hydrogen) atoms. The number of carbonyl (C=O) groups is 2. The molecule has 1 N–H and O–H groups in total. The van der Waals surface area contributed by atoms with Crippen LogP contribution in [0.1, 0.15) is 17.3 Å². The van der Waals surface area contributed by atoms with Crippen LogP contribution in [-0.2, 0) is 19.4 Å². The van der Waals surface area contributed by atoms with Gasteiger partial charge in [-0.1, -0.05) is 18.2 Å². The van der Waals surface area contributed by atoms with E-state index in [1.165, 1.54) is 31.2 Å². The molecule has 3 aromatic rings. The predicted octanol–water partition coefficient (Wildman–Crippen LogP) is 4.07. The summed E-state index contributed by atoms with van der Waals surface area (Å²) >= 11 is 0. The van der Waals surface area contributed by atoms with Crippen molar-refractivity contribution in [1.82, 2.24) is 0 Å². The molecule has 0 aliphatic carbocycles. The maximum Gasteiger partial charge on any atom is 0.338 e. The van der Waals surface area contributed by atoms with Crippen molar-refractivity contribution in [2.24, 2.45) is 0 Å². The Bertz CT molecular complexity index is 1160. The molecule has 3 aromatic carbocycles. The Hall–Kier alpha value is -3.65. The number of hydrogen-bond donors (Lipinski definition) is 1. The van der Waals surface area contributed by atoms with Crippen LogP contribution in [0, 0.1) is 0 Å². The first kappa shape index (κ1) is 22.0. The van der Waals surface area contributed by atoms with Crippen LogP contribution < -0.4 is 10.1 Å². The molecule has 0 bridgehead atoms. The maximum absolute atomic E-state index is 12.3. The lowest BCUT2D eigenvalue weighted by atomic mass is 10.2. The molecule has 0 unspecified atom stereocenters. The Balaban J connectivity index is 1.55. The highest BCUT2D eigenvalue weighted by molar-refractivity contribution is 7.90. The Morgan fingerprint density at radius 1 is 0.839 bits per heavy atom. The summed E-state index contributed by atoms with van der Waals surface area (Å²) in [5.74, 6) is 0.0812. The topological polar surface area (TPSA) is 98.8 Å². The number of esters is 1. The molecule has 8 heteroatoms. The first-order valence-corrected chi connectivity index (χ1v) is 11.3. The van der Waals surface area contributed by atoms with Gasteiger partial charge in [-0.25, -0.2) is 13.2 Å². The van der Waals surface area contributed by atoms with Gasteiger partial charge in [-0.15, -0.1) is 0 Å². The minimum Gasteiger partial charge on any atom is -0.457 e. The summed E-state index contributed by atoms with van der Waals surface area (Å²) in [5, 5.41) is 2.67. The summed E-state index contributed by atoms with van der Waals surface area (Å²) in [6, 6.07) is 21.4. The molecule has 0 fully saturated rings. The van der Waals surface area contributed by atoms with E-state index in [1.807, 2.05) is 30.3 Å². The molecule has 0 heterocycles. The molecule has 1 atom stereocenters. The summed E-state index contributed by atoms with van der Waals surface area (Å²) < 4.78 is 33.9. The molecule has 1 amide bonds. The zero-order valence-electron chi connectivity index (χ0n) is 16.9. The minimum atomic E-state index is -3.36. The van der Waals surface area contributed by atoms with Gasteiger partial charge in [0, 0.05) is 11.9 Å². The monoisotopic (exact) mass is 439 g/mol. The second kappa shape index (κ2) is 9.44. The standard InChI is InChI=1S/C23H21NO6S/c1-16(29-23(26)17-8-14-21(15-9-17)31(2,27)28)22(25)24-18-10-12-20(13-11-18)30-19-6-4-3-5-7-19/h3-16H,1-2H3,(H,24,25)/t16-/m0/s1. The second-order valence-electron chi connectivity index (χ2n) is 6.77. The van der Waals surface area contributed by atoms with Gasteiger partial charge in [0.1, 0.15) is 11.5 Å². The molecule has 160 valence electrons. The van der Waals surface area contributed by atoms with Gasteiger partial charge in [0.2, 0.25) is 0 Å². The van der Waals surface area contributed by atoms with Crippen LogP contribution in [0.25, 0.3) is 0 Å². The van der Waals surface area contributed by atoms with Crippen molar-refractivity contribution in [2.45, 2.75) is 17.9 Å². The lowest BCUT2D eigenvalue weighted by Crippen LogP contribution is -2.30. The summed E-state index contributed by atoms with van der Waals surface area (Å²) in [5.41, 5.74) is 0.667. The van der Waals surface area contributed by atoms with Gasteiger partial charge in [-0.2, -0.15) is 0 Å². The van der Waals surface area contributed by atoms with Crippen molar-refractivity contribution in [3.63, 3.8) is 0 Å². The lowest BCUT2D eigenvalue weighted by Gasteiger charge is -2.14. The fourth-order valence-corrected chi connectivity index (χ4v) is 3.23. The van der Waals surface area contributed by atoms with E-state index in [1.54, 1.807) is 24.3 Å². The van der Waals surface area contributed by atoms with Gasteiger partial charge in [-0.05, 0) is 67.6 Å². The smallest absolute Gasteiger partial charge is 0.338 e. The van der Waals surface area contributed by atoms with Gasteiger partial charge in [0.05, 0.1) is 10.5 Å². The number of nitrogens with one attached hydrogen (secondary N) is 1. The van der Waals surface area contributed by atoms with Crippen LogP contribution in [0.5, 0.6) is 11.5 Å². The lowest BCUT2D eigenvalue weighted by molar-refractivity contribution is -0.123. The minimum absolute atomic E-state index is 0.0922. The maximum atomic E-state index is 12.3. The van der Waals surface area contributed by atoms with Gasteiger partial charge in [0.15, 0.2) is 15.9 Å². The Kier molecular flexibility index (Phi) is 6.71. The van der Waals surface area contributed by atoms with Crippen LogP contribution in [0.2, 0.25) is 0 Å². The van der Waals surface area contributed by atoms with Crippen molar-refractivity contribution in [2.75, 3.05) is 11.6 Å². The fraction of sp³-hybridized carbons (Fsp3) is 0.130. The number of para-hydroxylation sites is 1. The van der Waals surface area contributed by atoms with Gasteiger partial charge in [0.25, 0.3) is 5.91 Å². The van der Waals surface area contributed by atoms with Crippen molar-refractivity contribution < 1.29 is 27.5 Å². The molecule has 0 aliphatic rings. The van der Waals surface area contributed by atoms with Crippen LogP contribution in [0.3, 0.4) is 0 Å². The molecular weight excluding hydrogens is 418 g/mol. The van der Waals surface area contributed by atoms with E-state index in [4.69, 9.17) is 9.47 Å². The van der Waals surface area contributed by atoms with E-state index in [0.29, 0.717) is 17.2 Å². The molecule has 0 saturated heterocycles. The highest BCUT2D eigenvalue weighted by atomic mass is 32.2. The van der Waals surface area contributed by atoms with Crippen LogP contribution >= 0.6 is 0 Å². The molecule has 0 aromatic heterocycles. The quantitative estimate of drug-likeness (QED) is 0.557. The molecule has 0 saturated carbocycles. The van der Waals surface area contributed by atoms with E-state index in [9.17, 15) is 18.0 Å². The largest absolute Gasteiger partial charge is 0.457 e. The Labute approximate surface area is 180 Å². The van der Waals surface area contributed by atoms with E-state index in [2.05, 4.69) is 5.32 Å². The molecule has 0 spiro atoms. The average Bonchev–Trinajstić information content (AvgIpc) is 2.75. The highest BCUT2D eigenvalue weighted by Gasteiger charge is 2.19. The molecular formula is C23H21NO6S. The summed E-state index contributed by atoms with van der Waals surface area (Å²) in [7, 11) is -3.36. The van der Waals surface area contributed by atoms with Crippen LogP contribution in [0.15, 0.2) is 83.8 Å². The second-order valence-corrected chi connectivity index (χ2v) is 8.79. The van der Waals surface area contributed by atoms with E-state index in [0.717, 1.165) is 6.26 Å². The van der Waals surface area contributed by atoms with E-state index >= 15 is 0 Å². The number of rotatable bonds is 7.